The molecule has 1 rings (SSSR count). The number of ether oxygens (including phenoxy) is 1. The Labute approximate surface area is 106 Å². The highest BCUT2D eigenvalue weighted by Gasteiger charge is 2.36. The lowest BCUT2D eigenvalue weighted by atomic mass is 10.4. The van der Waals surface area contributed by atoms with E-state index < -0.39 is 18.0 Å². The molecule has 0 N–H and O–H groups in total. The first kappa shape index (κ1) is 14.7. The molecule has 0 amide bonds. The lowest BCUT2D eigenvalue weighted by molar-refractivity contribution is -0.144. The number of esters is 1. The van der Waals surface area contributed by atoms with Crippen molar-refractivity contribution < 1.29 is 22.7 Å². The van der Waals surface area contributed by atoms with Crippen LogP contribution in [0.15, 0.2) is 0 Å². The van der Waals surface area contributed by atoms with E-state index in [2.05, 4.69) is 9.36 Å². The van der Waals surface area contributed by atoms with Gasteiger partial charge in [0, 0.05) is 25.1 Å². The van der Waals surface area contributed by atoms with Gasteiger partial charge in [-0.3, -0.25) is 4.79 Å². The molecule has 5 nitrogen and oxygen atoms in total. The highest BCUT2D eigenvalue weighted by molar-refractivity contribution is 7.09. The summed E-state index contributed by atoms with van der Waals surface area (Å²) in [7, 11) is 1.54. The summed E-state index contributed by atoms with van der Waals surface area (Å²) in [6.07, 6.45) is -4.46. The minimum atomic E-state index is -4.54. The second kappa shape index (κ2) is 5.98. The quantitative estimate of drug-likeness (QED) is 0.773. The molecule has 0 unspecified atom stereocenters. The molecule has 0 spiro atoms. The van der Waals surface area contributed by atoms with Crippen LogP contribution in [0, 0.1) is 0 Å². The van der Waals surface area contributed by atoms with Crippen LogP contribution in [-0.4, -0.2) is 35.5 Å². The van der Waals surface area contributed by atoms with E-state index in [1.165, 1.54) is 4.90 Å². The van der Waals surface area contributed by atoms with Crippen molar-refractivity contribution in [2.45, 2.75) is 19.5 Å². The van der Waals surface area contributed by atoms with Crippen molar-refractivity contribution in [2.75, 3.05) is 25.1 Å². The third-order valence-corrected chi connectivity index (χ3v) is 2.78. The fourth-order valence-electron chi connectivity index (χ4n) is 1.07. The lowest BCUT2D eigenvalue weighted by Crippen LogP contribution is -2.22. The van der Waals surface area contributed by atoms with Gasteiger partial charge in [-0.1, -0.05) is 0 Å². The fraction of sp³-hybridized carbons (Fsp3) is 0.667. The smallest absolute Gasteiger partial charge is 0.452 e. The molecule has 0 aliphatic carbocycles. The van der Waals surface area contributed by atoms with Crippen LogP contribution in [0.4, 0.5) is 18.3 Å². The third kappa shape index (κ3) is 4.13. The van der Waals surface area contributed by atoms with Crippen molar-refractivity contribution in [3.63, 3.8) is 0 Å². The van der Waals surface area contributed by atoms with Gasteiger partial charge in [0.05, 0.1) is 13.0 Å². The van der Waals surface area contributed by atoms with Crippen molar-refractivity contribution in [2.24, 2.45) is 0 Å². The Hall–Kier alpha value is -1.38. The minimum absolute atomic E-state index is 0.0886. The molecule has 1 aromatic heterocycles. The number of nitrogens with zero attached hydrogens (tertiary/aromatic N) is 3. The average Bonchev–Trinajstić information content (AvgIpc) is 2.75. The van der Waals surface area contributed by atoms with Crippen LogP contribution in [0.2, 0.25) is 0 Å². The molecule has 0 aliphatic heterocycles. The van der Waals surface area contributed by atoms with Crippen LogP contribution in [0.5, 0.6) is 0 Å². The van der Waals surface area contributed by atoms with E-state index in [1.54, 1.807) is 14.0 Å². The number of hydrogen-bond acceptors (Lipinski definition) is 6. The van der Waals surface area contributed by atoms with Gasteiger partial charge < -0.3 is 9.64 Å². The Bertz CT molecular complexity index is 408. The highest BCUT2D eigenvalue weighted by atomic mass is 32.1. The normalized spacial score (nSPS) is 11.4. The van der Waals surface area contributed by atoms with Crippen LogP contribution in [0.25, 0.3) is 0 Å². The van der Waals surface area contributed by atoms with Gasteiger partial charge in [-0.05, 0) is 6.92 Å². The monoisotopic (exact) mass is 283 g/mol. The van der Waals surface area contributed by atoms with E-state index in [-0.39, 0.29) is 24.7 Å². The molecule has 1 aromatic rings. The van der Waals surface area contributed by atoms with E-state index in [1.807, 2.05) is 0 Å². The molecular weight excluding hydrogens is 271 g/mol. The largest absolute Gasteiger partial charge is 0.466 e. The Kier molecular flexibility index (Phi) is 4.88. The first-order valence-electron chi connectivity index (χ1n) is 5.12. The number of hydrogen-bond donors (Lipinski definition) is 0. The molecule has 1 heterocycles. The maximum absolute atomic E-state index is 12.3. The maximum atomic E-state index is 12.3. The standard InChI is InChI=1S/C9H12F3N3O2S/c1-3-17-6(16)4-5-15(2)8-13-7(14-18-8)9(10,11)12/h3-5H2,1-2H3. The summed E-state index contributed by atoms with van der Waals surface area (Å²) in [6, 6.07) is 0. The minimum Gasteiger partial charge on any atom is -0.466 e. The number of halogens is 3. The van der Waals surface area contributed by atoms with Crippen molar-refractivity contribution in [1.82, 2.24) is 9.36 Å². The summed E-state index contributed by atoms with van der Waals surface area (Å²) in [6.45, 7) is 2.19. The molecule has 0 atom stereocenters. The van der Waals surface area contributed by atoms with Gasteiger partial charge in [0.2, 0.25) is 11.0 Å². The second-order valence-electron chi connectivity index (χ2n) is 3.37. The zero-order valence-electron chi connectivity index (χ0n) is 9.82. The van der Waals surface area contributed by atoms with E-state index in [9.17, 15) is 18.0 Å². The summed E-state index contributed by atoms with van der Waals surface area (Å²) in [5.74, 6) is -1.56. The molecule has 0 aliphatic rings. The van der Waals surface area contributed by atoms with E-state index in [4.69, 9.17) is 4.74 Å². The van der Waals surface area contributed by atoms with E-state index in [0.717, 1.165) is 0 Å². The zero-order chi connectivity index (χ0) is 13.8. The van der Waals surface area contributed by atoms with Crippen molar-refractivity contribution in [3.05, 3.63) is 5.82 Å². The van der Waals surface area contributed by atoms with Crippen molar-refractivity contribution >= 4 is 22.6 Å². The summed E-state index contributed by atoms with van der Waals surface area (Å²) in [5, 5.41) is 0.117. The van der Waals surface area contributed by atoms with Gasteiger partial charge in [0.25, 0.3) is 0 Å². The van der Waals surface area contributed by atoms with Gasteiger partial charge in [-0.15, -0.1) is 0 Å². The van der Waals surface area contributed by atoms with Gasteiger partial charge in [0.1, 0.15) is 0 Å². The highest BCUT2D eigenvalue weighted by Crippen LogP contribution is 2.29. The van der Waals surface area contributed by atoms with Gasteiger partial charge in [0.15, 0.2) is 0 Å². The van der Waals surface area contributed by atoms with Crippen LogP contribution in [0.1, 0.15) is 19.2 Å². The summed E-state index contributed by atoms with van der Waals surface area (Å²) < 4.78 is 44.7. The van der Waals surface area contributed by atoms with E-state index >= 15 is 0 Å². The predicted molar refractivity (Wildman–Crippen MR) is 59.4 cm³/mol. The Morgan fingerprint density at radius 1 is 1.50 bits per heavy atom. The summed E-state index contributed by atoms with van der Waals surface area (Å²) >= 11 is 0.642. The molecule has 102 valence electrons. The Morgan fingerprint density at radius 3 is 2.67 bits per heavy atom. The summed E-state index contributed by atoms with van der Waals surface area (Å²) in [5.41, 5.74) is 0. The van der Waals surface area contributed by atoms with Crippen LogP contribution in [-0.2, 0) is 15.7 Å². The first-order valence-corrected chi connectivity index (χ1v) is 5.89. The second-order valence-corrected chi connectivity index (χ2v) is 4.11. The van der Waals surface area contributed by atoms with Crippen LogP contribution < -0.4 is 4.90 Å². The number of carbonyl (C=O) groups excluding carboxylic acids is 1. The molecule has 0 fully saturated rings. The van der Waals surface area contributed by atoms with Gasteiger partial charge >= 0.3 is 12.1 Å². The third-order valence-electron chi connectivity index (χ3n) is 1.95. The van der Waals surface area contributed by atoms with Gasteiger partial charge in [-0.25, -0.2) is 0 Å². The first-order chi connectivity index (χ1) is 8.34. The lowest BCUT2D eigenvalue weighted by Gasteiger charge is -2.14. The average molecular weight is 283 g/mol. The SMILES string of the molecule is CCOC(=O)CCN(C)c1nc(C(F)(F)F)ns1. The van der Waals surface area contributed by atoms with E-state index in [0.29, 0.717) is 11.5 Å². The zero-order valence-corrected chi connectivity index (χ0v) is 10.6. The molecular formula is C9H12F3N3O2S. The molecule has 0 bridgehead atoms. The molecule has 18 heavy (non-hydrogen) atoms. The summed E-state index contributed by atoms with van der Waals surface area (Å²) in [4.78, 5) is 15.9. The van der Waals surface area contributed by atoms with Crippen molar-refractivity contribution in [1.29, 1.82) is 0 Å². The topological polar surface area (TPSA) is 55.3 Å². The number of aromatic nitrogens is 2. The number of rotatable bonds is 5. The van der Waals surface area contributed by atoms with Crippen LogP contribution >= 0.6 is 11.5 Å². The maximum Gasteiger partial charge on any atom is 0.452 e. The Balaban J connectivity index is 2.54. The predicted octanol–water partition coefficient (Wildman–Crippen LogP) is 1.95. The number of alkyl halides is 3. The number of carbonyl (C=O) groups is 1. The van der Waals surface area contributed by atoms with Gasteiger partial charge in [-0.2, -0.15) is 22.5 Å². The molecule has 0 saturated carbocycles. The van der Waals surface area contributed by atoms with Crippen LogP contribution in [0.3, 0.4) is 0 Å². The molecule has 0 saturated heterocycles. The fourth-order valence-corrected chi connectivity index (χ4v) is 1.74. The molecule has 9 heteroatoms. The molecule has 0 aromatic carbocycles. The molecule has 0 radical (unpaired) electrons. The van der Waals surface area contributed by atoms with Crippen molar-refractivity contribution in [3.8, 4) is 0 Å². The Morgan fingerprint density at radius 2 is 2.17 bits per heavy atom. The number of anilines is 1.